The van der Waals surface area contributed by atoms with Crippen LogP contribution in [0, 0.1) is 0 Å². The number of furan rings is 1. The zero-order valence-corrected chi connectivity index (χ0v) is 11.9. The maximum absolute atomic E-state index is 11.9. The van der Waals surface area contributed by atoms with Crippen molar-refractivity contribution in [3.05, 3.63) is 23.7 Å². The number of esters is 1. The van der Waals surface area contributed by atoms with Gasteiger partial charge in [0.2, 0.25) is 0 Å². The van der Waals surface area contributed by atoms with Crippen molar-refractivity contribution >= 4 is 5.97 Å². The number of carbonyl (C=O) groups is 1. The van der Waals surface area contributed by atoms with Gasteiger partial charge in [-0.3, -0.25) is 4.90 Å². The third kappa shape index (κ3) is 2.47. The summed E-state index contributed by atoms with van der Waals surface area (Å²) in [6, 6.07) is 3.09. The van der Waals surface area contributed by atoms with E-state index in [1.165, 1.54) is 12.8 Å². The molecule has 0 spiro atoms. The van der Waals surface area contributed by atoms with Crippen LogP contribution in [0.1, 0.15) is 48.7 Å². The van der Waals surface area contributed by atoms with Crippen molar-refractivity contribution in [3.8, 4) is 0 Å². The summed E-state index contributed by atoms with van der Waals surface area (Å²) in [5.74, 6) is 0.424. The van der Waals surface area contributed by atoms with Crippen molar-refractivity contribution in [2.45, 2.75) is 57.3 Å². The zero-order valence-electron chi connectivity index (χ0n) is 11.9. The number of nitrogens with zero attached hydrogens (tertiary/aromatic N) is 1. The molecular formula is C15H22N2O3. The third-order valence-corrected chi connectivity index (χ3v) is 4.49. The lowest BCUT2D eigenvalue weighted by molar-refractivity contribution is 0.0517. The van der Waals surface area contributed by atoms with Crippen LogP contribution in [0.15, 0.2) is 16.7 Å². The van der Waals surface area contributed by atoms with Gasteiger partial charge in [-0.15, -0.1) is 0 Å². The summed E-state index contributed by atoms with van der Waals surface area (Å²) in [7, 11) is 0. The Balaban J connectivity index is 1.73. The number of hydrogen-bond donors (Lipinski definition) is 1. The first-order valence-electron chi connectivity index (χ1n) is 7.43. The van der Waals surface area contributed by atoms with E-state index in [9.17, 15) is 4.79 Å². The average Bonchev–Trinajstić information content (AvgIpc) is 2.95. The van der Waals surface area contributed by atoms with E-state index in [1.54, 1.807) is 12.3 Å². The molecule has 0 radical (unpaired) electrons. The third-order valence-electron chi connectivity index (χ3n) is 4.49. The summed E-state index contributed by atoms with van der Waals surface area (Å²) in [5.41, 5.74) is 6.64. The van der Waals surface area contributed by atoms with E-state index >= 15 is 0 Å². The molecule has 1 aromatic rings. The van der Waals surface area contributed by atoms with E-state index in [0.29, 0.717) is 36.8 Å². The van der Waals surface area contributed by atoms with Gasteiger partial charge in [-0.05, 0) is 38.7 Å². The number of piperidine rings is 1. The van der Waals surface area contributed by atoms with Gasteiger partial charge in [-0.1, -0.05) is 0 Å². The van der Waals surface area contributed by atoms with E-state index < -0.39 is 0 Å². The van der Waals surface area contributed by atoms with E-state index in [4.69, 9.17) is 14.9 Å². The van der Waals surface area contributed by atoms with Crippen LogP contribution in [0.4, 0.5) is 0 Å². The molecule has 0 amide bonds. The molecule has 5 heteroatoms. The van der Waals surface area contributed by atoms with Crippen molar-refractivity contribution in [2.75, 3.05) is 6.61 Å². The number of rotatable bonds is 4. The SMILES string of the molecule is CCOC(=O)c1ccoc1CN1C2CCC1CC(N)C2. The van der Waals surface area contributed by atoms with E-state index in [1.807, 2.05) is 6.92 Å². The number of hydrogen-bond acceptors (Lipinski definition) is 5. The molecule has 0 saturated carbocycles. The van der Waals surface area contributed by atoms with Crippen LogP contribution in [-0.4, -0.2) is 35.6 Å². The van der Waals surface area contributed by atoms with E-state index in [-0.39, 0.29) is 5.97 Å². The minimum atomic E-state index is -0.294. The molecule has 2 bridgehead atoms. The smallest absolute Gasteiger partial charge is 0.341 e. The molecule has 1 aromatic heterocycles. The molecule has 2 unspecified atom stereocenters. The van der Waals surface area contributed by atoms with Crippen LogP contribution in [0.3, 0.4) is 0 Å². The summed E-state index contributed by atoms with van der Waals surface area (Å²) in [5, 5.41) is 0. The van der Waals surface area contributed by atoms with E-state index in [2.05, 4.69) is 4.90 Å². The topological polar surface area (TPSA) is 68.7 Å². The maximum atomic E-state index is 11.9. The molecular weight excluding hydrogens is 256 g/mol. The summed E-state index contributed by atoms with van der Waals surface area (Å²) in [6.07, 6.45) is 6.07. The van der Waals surface area contributed by atoms with Crippen LogP contribution < -0.4 is 5.73 Å². The fourth-order valence-corrected chi connectivity index (χ4v) is 3.59. The lowest BCUT2D eigenvalue weighted by Crippen LogP contribution is -2.46. The number of fused-ring (bicyclic) bond motifs is 2. The Kier molecular flexibility index (Phi) is 3.81. The average molecular weight is 278 g/mol. The minimum Gasteiger partial charge on any atom is -0.467 e. The quantitative estimate of drug-likeness (QED) is 0.852. The lowest BCUT2D eigenvalue weighted by Gasteiger charge is -2.37. The summed E-state index contributed by atoms with van der Waals surface area (Å²) >= 11 is 0. The Morgan fingerprint density at radius 2 is 2.15 bits per heavy atom. The highest BCUT2D eigenvalue weighted by atomic mass is 16.5. The number of carbonyl (C=O) groups excluding carboxylic acids is 1. The maximum Gasteiger partial charge on any atom is 0.341 e. The Hall–Kier alpha value is -1.33. The molecule has 3 rings (SSSR count). The summed E-state index contributed by atoms with van der Waals surface area (Å²) in [6.45, 7) is 2.88. The Labute approximate surface area is 119 Å². The molecule has 0 aliphatic carbocycles. The van der Waals surface area contributed by atoms with Crippen molar-refractivity contribution in [3.63, 3.8) is 0 Å². The van der Waals surface area contributed by atoms with Gasteiger partial charge in [0.1, 0.15) is 11.3 Å². The fourth-order valence-electron chi connectivity index (χ4n) is 3.59. The second-order valence-corrected chi connectivity index (χ2v) is 5.77. The summed E-state index contributed by atoms with van der Waals surface area (Å²) < 4.78 is 10.6. The predicted molar refractivity (Wildman–Crippen MR) is 74.2 cm³/mol. The van der Waals surface area contributed by atoms with Gasteiger partial charge in [-0.25, -0.2) is 4.79 Å². The van der Waals surface area contributed by atoms with Crippen LogP contribution in [0.2, 0.25) is 0 Å². The Morgan fingerprint density at radius 3 is 2.80 bits per heavy atom. The second kappa shape index (κ2) is 5.58. The van der Waals surface area contributed by atoms with Gasteiger partial charge in [0.25, 0.3) is 0 Å². The Morgan fingerprint density at radius 1 is 1.45 bits per heavy atom. The van der Waals surface area contributed by atoms with Gasteiger partial charge in [0.05, 0.1) is 19.4 Å². The number of nitrogens with two attached hydrogens (primary N) is 1. The van der Waals surface area contributed by atoms with Gasteiger partial charge in [0.15, 0.2) is 0 Å². The highest BCUT2D eigenvalue weighted by Gasteiger charge is 2.40. The van der Waals surface area contributed by atoms with Gasteiger partial charge in [-0.2, -0.15) is 0 Å². The molecule has 0 aromatic carbocycles. The summed E-state index contributed by atoms with van der Waals surface area (Å²) in [4.78, 5) is 14.3. The molecule has 20 heavy (non-hydrogen) atoms. The van der Waals surface area contributed by atoms with Crippen LogP contribution in [0.5, 0.6) is 0 Å². The molecule has 3 heterocycles. The predicted octanol–water partition coefficient (Wildman–Crippen LogP) is 1.91. The molecule has 2 N–H and O–H groups in total. The molecule has 2 atom stereocenters. The first kappa shape index (κ1) is 13.6. The van der Waals surface area contributed by atoms with Crippen molar-refractivity contribution < 1.29 is 13.9 Å². The molecule has 110 valence electrons. The first-order valence-corrected chi connectivity index (χ1v) is 7.43. The fraction of sp³-hybridized carbons (Fsp3) is 0.667. The Bertz CT molecular complexity index is 471. The van der Waals surface area contributed by atoms with E-state index in [0.717, 1.165) is 18.6 Å². The van der Waals surface area contributed by atoms with Crippen molar-refractivity contribution in [1.82, 2.24) is 4.90 Å². The van der Waals surface area contributed by atoms with Crippen LogP contribution in [0.25, 0.3) is 0 Å². The standard InChI is InChI=1S/C15H22N2O3/c1-2-19-15(18)13-5-6-20-14(13)9-17-11-3-4-12(17)8-10(16)7-11/h5-6,10-12H,2-4,7-9,16H2,1H3. The minimum absolute atomic E-state index is 0.294. The van der Waals surface area contributed by atoms with Gasteiger partial charge >= 0.3 is 5.97 Å². The molecule has 2 aliphatic rings. The molecule has 2 saturated heterocycles. The first-order chi connectivity index (χ1) is 9.69. The molecule has 2 fully saturated rings. The highest BCUT2D eigenvalue weighted by molar-refractivity contribution is 5.90. The molecule has 5 nitrogen and oxygen atoms in total. The highest BCUT2D eigenvalue weighted by Crippen LogP contribution is 2.36. The monoisotopic (exact) mass is 278 g/mol. The number of ether oxygens (including phenoxy) is 1. The van der Waals surface area contributed by atoms with Crippen molar-refractivity contribution in [1.29, 1.82) is 0 Å². The van der Waals surface area contributed by atoms with Gasteiger partial charge in [0, 0.05) is 18.1 Å². The van der Waals surface area contributed by atoms with Crippen LogP contribution >= 0.6 is 0 Å². The lowest BCUT2D eigenvalue weighted by atomic mass is 9.98. The zero-order chi connectivity index (χ0) is 14.1. The largest absolute Gasteiger partial charge is 0.467 e. The normalized spacial score (nSPS) is 29.6. The van der Waals surface area contributed by atoms with Crippen LogP contribution in [-0.2, 0) is 11.3 Å². The molecule has 2 aliphatic heterocycles. The van der Waals surface area contributed by atoms with Gasteiger partial charge < -0.3 is 14.9 Å². The second-order valence-electron chi connectivity index (χ2n) is 5.77. The van der Waals surface area contributed by atoms with Crippen molar-refractivity contribution in [2.24, 2.45) is 5.73 Å².